The number of rotatable bonds is 1. The van der Waals surface area contributed by atoms with Crippen molar-refractivity contribution in [2.24, 2.45) is 0 Å². The molecule has 24 heavy (non-hydrogen) atoms. The van der Waals surface area contributed by atoms with E-state index in [0.29, 0.717) is 4.47 Å². The number of benzene rings is 2. The van der Waals surface area contributed by atoms with Gasteiger partial charge in [-0.05, 0) is 29.7 Å². The van der Waals surface area contributed by atoms with Crippen LogP contribution in [0.4, 0.5) is 26.3 Å². The standard InChI is InChI=1S/C7H6BF3O2.C7H4BrF3/c9-7(10,11)5-1-3-6(4-2-5)8(12)13;8-6-3-1-5(2-4-6)7(9,10)11/h1-4,12-13H;1-4H. The van der Waals surface area contributed by atoms with Crippen molar-refractivity contribution in [3.05, 3.63) is 64.1 Å². The van der Waals surface area contributed by atoms with Crippen molar-refractivity contribution in [3.63, 3.8) is 0 Å². The number of hydrogen-bond acceptors (Lipinski definition) is 2. The van der Waals surface area contributed by atoms with Crippen LogP contribution in [-0.4, -0.2) is 17.2 Å². The molecule has 10 heteroatoms. The van der Waals surface area contributed by atoms with E-state index in [1.54, 1.807) is 0 Å². The molecular weight excluding hydrogens is 405 g/mol. The molecule has 0 unspecified atom stereocenters. The van der Waals surface area contributed by atoms with Crippen LogP contribution in [0.2, 0.25) is 0 Å². The third-order valence-corrected chi connectivity index (χ3v) is 3.24. The Labute approximate surface area is 142 Å². The lowest BCUT2D eigenvalue weighted by Crippen LogP contribution is -2.29. The fraction of sp³-hybridized carbons (Fsp3) is 0.143. The van der Waals surface area contributed by atoms with Gasteiger partial charge in [0, 0.05) is 4.47 Å². The second-order valence-corrected chi connectivity index (χ2v) is 5.41. The molecule has 0 aromatic heterocycles. The molecule has 0 fully saturated rings. The Morgan fingerprint density at radius 2 is 1.00 bits per heavy atom. The van der Waals surface area contributed by atoms with E-state index in [1.807, 2.05) is 0 Å². The van der Waals surface area contributed by atoms with Crippen LogP contribution in [0.1, 0.15) is 11.1 Å². The second kappa shape index (κ2) is 8.04. The predicted molar refractivity (Wildman–Crippen MR) is 80.4 cm³/mol. The third kappa shape index (κ3) is 6.54. The van der Waals surface area contributed by atoms with Crippen molar-refractivity contribution < 1.29 is 36.4 Å². The lowest BCUT2D eigenvalue weighted by molar-refractivity contribution is -0.138. The molecule has 0 amide bonds. The molecular formula is C14H10BBrF6O2. The maximum absolute atomic E-state index is 12.0. The average Bonchev–Trinajstić information content (AvgIpc) is 2.46. The zero-order valence-corrected chi connectivity index (χ0v) is 13.3. The molecule has 0 saturated carbocycles. The Bertz CT molecular complexity index is 638. The van der Waals surface area contributed by atoms with Crippen LogP contribution >= 0.6 is 15.9 Å². The molecule has 0 atom stereocenters. The smallest absolute Gasteiger partial charge is 0.423 e. The molecule has 0 aliphatic rings. The summed E-state index contributed by atoms with van der Waals surface area (Å²) in [5.41, 5.74) is -1.40. The van der Waals surface area contributed by atoms with Gasteiger partial charge in [-0.1, -0.05) is 40.2 Å². The Morgan fingerprint density at radius 1 is 0.667 bits per heavy atom. The quantitative estimate of drug-likeness (QED) is 0.549. The minimum atomic E-state index is -4.39. The Morgan fingerprint density at radius 3 is 1.29 bits per heavy atom. The molecule has 0 saturated heterocycles. The van der Waals surface area contributed by atoms with Gasteiger partial charge in [-0.15, -0.1) is 0 Å². The molecule has 0 spiro atoms. The fourth-order valence-electron chi connectivity index (χ4n) is 1.48. The lowest BCUT2D eigenvalue weighted by Gasteiger charge is -2.06. The molecule has 2 aromatic carbocycles. The largest absolute Gasteiger partial charge is 0.488 e. The highest BCUT2D eigenvalue weighted by atomic mass is 79.9. The van der Waals surface area contributed by atoms with E-state index in [9.17, 15) is 26.3 Å². The Hall–Kier alpha value is -1.52. The first-order chi connectivity index (χ1) is 10.9. The summed E-state index contributed by atoms with van der Waals surface area (Å²) < 4.78 is 72.3. The van der Waals surface area contributed by atoms with Gasteiger partial charge in [-0.3, -0.25) is 0 Å². The average molecular weight is 415 g/mol. The van der Waals surface area contributed by atoms with Gasteiger partial charge in [0.15, 0.2) is 0 Å². The first kappa shape index (κ1) is 20.5. The van der Waals surface area contributed by atoms with Crippen molar-refractivity contribution in [1.82, 2.24) is 0 Å². The zero-order valence-electron chi connectivity index (χ0n) is 11.7. The van der Waals surface area contributed by atoms with Gasteiger partial charge < -0.3 is 10.0 Å². The van der Waals surface area contributed by atoms with E-state index < -0.39 is 30.6 Å². The molecule has 2 nitrogen and oxygen atoms in total. The topological polar surface area (TPSA) is 40.5 Å². The van der Waals surface area contributed by atoms with Gasteiger partial charge in [-0.25, -0.2) is 0 Å². The van der Waals surface area contributed by atoms with Gasteiger partial charge >= 0.3 is 19.5 Å². The molecule has 0 bridgehead atoms. The SMILES string of the molecule is FC(F)(F)c1ccc(Br)cc1.OB(O)c1ccc(C(F)(F)F)cc1. The summed E-state index contributed by atoms with van der Waals surface area (Å²) in [4.78, 5) is 0. The summed E-state index contributed by atoms with van der Waals surface area (Å²) >= 11 is 3.04. The summed E-state index contributed by atoms with van der Waals surface area (Å²) in [7, 11) is -1.73. The fourth-order valence-corrected chi connectivity index (χ4v) is 1.75. The molecule has 0 aliphatic heterocycles. The maximum atomic E-state index is 12.0. The first-order valence-electron chi connectivity index (χ1n) is 6.27. The van der Waals surface area contributed by atoms with Crippen LogP contribution in [0.5, 0.6) is 0 Å². The number of halogens is 7. The Balaban J connectivity index is 0.000000243. The maximum Gasteiger partial charge on any atom is 0.488 e. The summed E-state index contributed by atoms with van der Waals surface area (Å²) in [6.07, 6.45) is -8.63. The summed E-state index contributed by atoms with van der Waals surface area (Å²) in [5, 5.41) is 17.2. The molecule has 0 aliphatic carbocycles. The molecule has 2 aromatic rings. The minimum absolute atomic E-state index is 0.0352. The van der Waals surface area contributed by atoms with Crippen molar-refractivity contribution >= 4 is 28.5 Å². The Kier molecular flexibility index (Phi) is 6.88. The van der Waals surface area contributed by atoms with Gasteiger partial charge in [0.1, 0.15) is 0 Å². The minimum Gasteiger partial charge on any atom is -0.423 e. The second-order valence-electron chi connectivity index (χ2n) is 4.50. The molecule has 130 valence electrons. The van der Waals surface area contributed by atoms with Crippen LogP contribution in [0.25, 0.3) is 0 Å². The van der Waals surface area contributed by atoms with E-state index in [1.165, 1.54) is 12.1 Å². The van der Waals surface area contributed by atoms with E-state index >= 15 is 0 Å². The van der Waals surface area contributed by atoms with E-state index in [-0.39, 0.29) is 5.46 Å². The first-order valence-corrected chi connectivity index (χ1v) is 7.06. The van der Waals surface area contributed by atoms with Gasteiger partial charge in [0.2, 0.25) is 0 Å². The van der Waals surface area contributed by atoms with Crippen molar-refractivity contribution in [2.45, 2.75) is 12.4 Å². The number of hydrogen-bond donors (Lipinski definition) is 2. The van der Waals surface area contributed by atoms with Crippen molar-refractivity contribution in [2.75, 3.05) is 0 Å². The van der Waals surface area contributed by atoms with Crippen LogP contribution < -0.4 is 5.46 Å². The highest BCUT2D eigenvalue weighted by Crippen LogP contribution is 2.30. The van der Waals surface area contributed by atoms with Crippen LogP contribution in [0.3, 0.4) is 0 Å². The predicted octanol–water partition coefficient (Wildman–Crippen LogP) is 3.85. The van der Waals surface area contributed by atoms with E-state index in [2.05, 4.69) is 15.9 Å². The van der Waals surface area contributed by atoms with Gasteiger partial charge in [0.25, 0.3) is 0 Å². The number of alkyl halides is 6. The van der Waals surface area contributed by atoms with Crippen molar-refractivity contribution in [1.29, 1.82) is 0 Å². The molecule has 2 rings (SSSR count). The highest BCUT2D eigenvalue weighted by molar-refractivity contribution is 9.10. The lowest BCUT2D eigenvalue weighted by atomic mass is 9.80. The van der Waals surface area contributed by atoms with E-state index in [4.69, 9.17) is 10.0 Å². The van der Waals surface area contributed by atoms with E-state index in [0.717, 1.165) is 36.4 Å². The van der Waals surface area contributed by atoms with Gasteiger partial charge in [-0.2, -0.15) is 26.3 Å². The van der Waals surface area contributed by atoms with Crippen LogP contribution in [-0.2, 0) is 12.4 Å². The third-order valence-electron chi connectivity index (χ3n) is 2.71. The summed E-state index contributed by atoms with van der Waals surface area (Å²) in [6.45, 7) is 0. The summed E-state index contributed by atoms with van der Waals surface area (Å²) in [6, 6.07) is 8.43. The normalized spacial score (nSPS) is 11.5. The monoisotopic (exact) mass is 414 g/mol. The highest BCUT2D eigenvalue weighted by Gasteiger charge is 2.30. The van der Waals surface area contributed by atoms with Crippen molar-refractivity contribution in [3.8, 4) is 0 Å². The molecule has 0 heterocycles. The van der Waals surface area contributed by atoms with Gasteiger partial charge in [0.05, 0.1) is 11.1 Å². The molecule has 0 radical (unpaired) electrons. The summed E-state index contributed by atoms with van der Waals surface area (Å²) in [5.74, 6) is 0. The van der Waals surface area contributed by atoms with Crippen LogP contribution in [0.15, 0.2) is 53.0 Å². The molecule has 2 N–H and O–H groups in total. The van der Waals surface area contributed by atoms with Crippen LogP contribution in [0, 0.1) is 0 Å². The zero-order chi connectivity index (χ0) is 18.5.